The maximum atomic E-state index is 10.8. The number of rotatable bonds is 1. The molecular weight excluding hydrogens is 144 g/mol. The van der Waals surface area contributed by atoms with Gasteiger partial charge in [0.05, 0.1) is 5.92 Å². The Morgan fingerprint density at radius 1 is 1.60 bits per heavy atom. The highest BCUT2D eigenvalue weighted by atomic mass is 32.1. The summed E-state index contributed by atoms with van der Waals surface area (Å²) in [6.07, 6.45) is 7.32. The Hall–Kier alpha value is -0.760. The van der Waals surface area contributed by atoms with E-state index >= 15 is 0 Å². The van der Waals surface area contributed by atoms with Crippen molar-refractivity contribution in [3.63, 3.8) is 0 Å². The summed E-state index contributed by atoms with van der Waals surface area (Å²) in [5, 5.41) is 0. The smallest absolute Gasteiger partial charge is 0.141 e. The second-order valence-corrected chi connectivity index (χ2v) is 2.71. The van der Waals surface area contributed by atoms with E-state index in [1.165, 1.54) is 0 Å². The van der Waals surface area contributed by atoms with Crippen LogP contribution in [0.5, 0.6) is 0 Å². The molecule has 1 unspecified atom stereocenters. The summed E-state index contributed by atoms with van der Waals surface area (Å²) in [4.78, 5) is 11.6. The first-order valence-electron chi connectivity index (χ1n) is 3.11. The van der Waals surface area contributed by atoms with Gasteiger partial charge in [-0.3, -0.25) is 4.79 Å². The van der Waals surface area contributed by atoms with Crippen LogP contribution >= 0.6 is 12.2 Å². The molecule has 52 valence electrons. The number of thiocarbonyl (C=S) groups is 1. The van der Waals surface area contributed by atoms with Crippen molar-refractivity contribution in [1.29, 1.82) is 0 Å². The Bertz CT molecular complexity index is 225. The van der Waals surface area contributed by atoms with Crippen molar-refractivity contribution < 1.29 is 4.79 Å². The van der Waals surface area contributed by atoms with E-state index in [9.17, 15) is 4.79 Å². The monoisotopic (exact) mass is 152 g/mol. The van der Waals surface area contributed by atoms with Gasteiger partial charge in [-0.15, -0.1) is 0 Å². The number of Topliss-reactive ketones (excluding diaryl/α,β-unsaturated/α-hetero) is 1. The van der Waals surface area contributed by atoms with Gasteiger partial charge in [0, 0.05) is 4.86 Å². The molecule has 0 N–H and O–H groups in total. The molecular formula is C8H8OS. The standard InChI is InChI=1S/C8H8OS/c1-6(9)7-4-2-3-5-8(7)10/h2-5,7H,1H3. The summed E-state index contributed by atoms with van der Waals surface area (Å²) >= 11 is 4.94. The van der Waals surface area contributed by atoms with E-state index in [0.717, 1.165) is 4.86 Å². The molecule has 1 aliphatic rings. The zero-order chi connectivity index (χ0) is 7.56. The van der Waals surface area contributed by atoms with E-state index in [4.69, 9.17) is 12.2 Å². The number of allylic oxidation sites excluding steroid dienone is 4. The molecule has 0 radical (unpaired) electrons. The van der Waals surface area contributed by atoms with Crippen LogP contribution in [0.1, 0.15) is 6.92 Å². The molecule has 10 heavy (non-hydrogen) atoms. The first-order valence-corrected chi connectivity index (χ1v) is 3.52. The Morgan fingerprint density at radius 2 is 2.30 bits per heavy atom. The normalized spacial score (nSPS) is 23.3. The number of carbonyl (C=O) groups is 1. The van der Waals surface area contributed by atoms with Crippen LogP contribution < -0.4 is 0 Å². The third-order valence-electron chi connectivity index (χ3n) is 1.42. The lowest BCUT2D eigenvalue weighted by Gasteiger charge is -2.08. The Morgan fingerprint density at radius 3 is 2.70 bits per heavy atom. The summed E-state index contributed by atoms with van der Waals surface area (Å²) in [5.41, 5.74) is 0. The molecule has 1 nitrogen and oxygen atoms in total. The average molecular weight is 152 g/mol. The zero-order valence-corrected chi connectivity index (χ0v) is 6.52. The van der Waals surface area contributed by atoms with Gasteiger partial charge in [-0.05, 0) is 13.0 Å². The summed E-state index contributed by atoms with van der Waals surface area (Å²) < 4.78 is 0. The van der Waals surface area contributed by atoms with E-state index in [1.54, 1.807) is 13.0 Å². The molecule has 1 rings (SSSR count). The fourth-order valence-corrected chi connectivity index (χ4v) is 1.18. The predicted octanol–water partition coefficient (Wildman–Crippen LogP) is 1.69. The van der Waals surface area contributed by atoms with Crippen LogP contribution in [-0.4, -0.2) is 10.6 Å². The molecule has 0 aromatic carbocycles. The van der Waals surface area contributed by atoms with Crippen molar-refractivity contribution in [2.45, 2.75) is 6.92 Å². The molecule has 0 saturated heterocycles. The van der Waals surface area contributed by atoms with Crippen molar-refractivity contribution in [1.82, 2.24) is 0 Å². The second kappa shape index (κ2) is 2.88. The predicted molar refractivity (Wildman–Crippen MR) is 45.0 cm³/mol. The SMILES string of the molecule is CC(=O)C1C=CC=CC1=S. The summed E-state index contributed by atoms with van der Waals surface area (Å²) in [7, 11) is 0. The molecule has 0 heterocycles. The summed E-state index contributed by atoms with van der Waals surface area (Å²) in [5.74, 6) is -0.0365. The van der Waals surface area contributed by atoms with Gasteiger partial charge in [0.15, 0.2) is 0 Å². The van der Waals surface area contributed by atoms with Gasteiger partial charge in [-0.1, -0.05) is 30.4 Å². The first kappa shape index (κ1) is 7.35. The minimum Gasteiger partial charge on any atom is -0.299 e. The highest BCUT2D eigenvalue weighted by Crippen LogP contribution is 2.09. The molecule has 0 aromatic rings. The molecule has 0 amide bonds. The lowest BCUT2D eigenvalue weighted by atomic mass is 9.97. The molecule has 1 aliphatic carbocycles. The quantitative estimate of drug-likeness (QED) is 0.532. The maximum absolute atomic E-state index is 10.8. The van der Waals surface area contributed by atoms with Crippen LogP contribution in [0.4, 0.5) is 0 Å². The molecule has 0 aromatic heterocycles. The lowest BCUT2D eigenvalue weighted by molar-refractivity contribution is -0.117. The molecule has 0 saturated carbocycles. The van der Waals surface area contributed by atoms with Crippen LogP contribution in [0.25, 0.3) is 0 Å². The van der Waals surface area contributed by atoms with Crippen molar-refractivity contribution in [2.24, 2.45) is 5.92 Å². The molecule has 1 atom stereocenters. The lowest BCUT2D eigenvalue weighted by Crippen LogP contribution is -2.17. The van der Waals surface area contributed by atoms with E-state index in [0.29, 0.717) is 0 Å². The van der Waals surface area contributed by atoms with Crippen LogP contribution in [0, 0.1) is 5.92 Å². The highest BCUT2D eigenvalue weighted by Gasteiger charge is 2.14. The summed E-state index contributed by atoms with van der Waals surface area (Å²) in [6.45, 7) is 1.56. The van der Waals surface area contributed by atoms with Crippen molar-refractivity contribution >= 4 is 22.9 Å². The average Bonchev–Trinajstić information content (AvgIpc) is 1.88. The van der Waals surface area contributed by atoms with E-state index < -0.39 is 0 Å². The molecule has 0 spiro atoms. The van der Waals surface area contributed by atoms with Crippen LogP contribution in [0.2, 0.25) is 0 Å². The number of carbonyl (C=O) groups excluding carboxylic acids is 1. The minimum absolute atomic E-state index is 0.116. The fraction of sp³-hybridized carbons (Fsp3) is 0.250. The Kier molecular flexibility index (Phi) is 2.12. The highest BCUT2D eigenvalue weighted by molar-refractivity contribution is 7.80. The summed E-state index contributed by atoms with van der Waals surface area (Å²) in [6, 6.07) is 0. The van der Waals surface area contributed by atoms with Gasteiger partial charge in [-0.2, -0.15) is 0 Å². The first-order chi connectivity index (χ1) is 4.72. The van der Waals surface area contributed by atoms with Gasteiger partial charge in [0.1, 0.15) is 5.78 Å². The molecule has 0 fully saturated rings. The van der Waals surface area contributed by atoms with Crippen molar-refractivity contribution in [3.8, 4) is 0 Å². The van der Waals surface area contributed by atoms with E-state index in [2.05, 4.69) is 0 Å². The van der Waals surface area contributed by atoms with Gasteiger partial charge in [-0.25, -0.2) is 0 Å². The van der Waals surface area contributed by atoms with Gasteiger partial charge in [0.25, 0.3) is 0 Å². The van der Waals surface area contributed by atoms with Crippen molar-refractivity contribution in [2.75, 3.05) is 0 Å². The van der Waals surface area contributed by atoms with Crippen LogP contribution in [0.15, 0.2) is 24.3 Å². The van der Waals surface area contributed by atoms with Crippen LogP contribution in [-0.2, 0) is 4.79 Å². The zero-order valence-electron chi connectivity index (χ0n) is 5.70. The van der Waals surface area contributed by atoms with Gasteiger partial charge in [0.2, 0.25) is 0 Å². The largest absolute Gasteiger partial charge is 0.299 e. The maximum Gasteiger partial charge on any atom is 0.141 e. The second-order valence-electron chi connectivity index (χ2n) is 2.23. The molecule has 0 aliphatic heterocycles. The third-order valence-corrected chi connectivity index (χ3v) is 1.81. The number of hydrogen-bond donors (Lipinski definition) is 0. The molecule has 0 bridgehead atoms. The van der Waals surface area contributed by atoms with E-state index in [-0.39, 0.29) is 11.7 Å². The Labute approximate surface area is 65.4 Å². The minimum atomic E-state index is -0.153. The molecule has 2 heteroatoms. The Balaban J connectivity index is 2.80. The number of hydrogen-bond acceptors (Lipinski definition) is 2. The third kappa shape index (κ3) is 1.39. The van der Waals surface area contributed by atoms with Crippen molar-refractivity contribution in [3.05, 3.63) is 24.3 Å². The fourth-order valence-electron chi connectivity index (χ4n) is 0.860. The van der Waals surface area contributed by atoms with E-state index in [1.807, 2.05) is 18.2 Å². The topological polar surface area (TPSA) is 17.1 Å². The number of ketones is 1. The van der Waals surface area contributed by atoms with Crippen LogP contribution in [0.3, 0.4) is 0 Å². The van der Waals surface area contributed by atoms with Gasteiger partial charge >= 0.3 is 0 Å². The van der Waals surface area contributed by atoms with Gasteiger partial charge < -0.3 is 0 Å².